The van der Waals surface area contributed by atoms with E-state index >= 15 is 0 Å². The summed E-state index contributed by atoms with van der Waals surface area (Å²) in [6, 6.07) is 0. The van der Waals surface area contributed by atoms with E-state index in [2.05, 4.69) is 5.32 Å². The number of nitrogens with zero attached hydrogens (tertiary/aromatic N) is 1. The van der Waals surface area contributed by atoms with Crippen LogP contribution in [0.1, 0.15) is 0 Å². The Morgan fingerprint density at radius 3 is 1.25 bits per heavy atom. The molecule has 0 amide bonds. The summed E-state index contributed by atoms with van der Waals surface area (Å²) in [6.07, 6.45) is 0. The molecular weight excluding hydrogens is 123 g/mol. The topological polar surface area (TPSA) is 14.1 Å². The summed E-state index contributed by atoms with van der Waals surface area (Å²) in [4.78, 5) is 0. The van der Waals surface area contributed by atoms with Gasteiger partial charge >= 0.3 is 58.2 Å². The maximum absolute atomic E-state index is 3.50. The fourth-order valence-electron chi connectivity index (χ4n) is 0. The minimum Gasteiger partial charge on any atom is -0.668 e. The van der Waals surface area contributed by atoms with E-state index in [0.717, 1.165) is 0 Å². The van der Waals surface area contributed by atoms with Crippen LogP contribution < -0.4 is 58.2 Å². The maximum Gasteiger partial charge on any atom is 1.00 e. The molecule has 0 heterocycles. The summed E-state index contributed by atoms with van der Waals surface area (Å²) >= 11 is 0. The fourth-order valence-corrected chi connectivity index (χ4v) is 0. The average Bonchev–Trinajstić information content (AvgIpc) is 0.918. The van der Waals surface area contributed by atoms with E-state index in [-0.39, 0.29) is 58.2 Å². The van der Waals surface area contributed by atoms with Crippen LogP contribution in [0.25, 0.3) is 5.32 Å². The first-order valence-corrected chi connectivity index (χ1v) is 0.894. The van der Waals surface area contributed by atoms with Crippen molar-refractivity contribution in [2.75, 3.05) is 14.1 Å². The van der Waals surface area contributed by atoms with Crippen molar-refractivity contribution in [1.82, 2.24) is 0 Å². The molecule has 0 aromatic rings. The third kappa shape index (κ3) is 9.24. The Hall–Kier alpha value is 1.77. The predicted octanol–water partition coefficient (Wildman–Crippen LogP) is -2.38. The smallest absolute Gasteiger partial charge is 0.668 e. The number of hydrogen-bond acceptors (Lipinski definition) is 0. The van der Waals surface area contributed by atoms with Crippen LogP contribution in [0.15, 0.2) is 0 Å². The van der Waals surface area contributed by atoms with E-state index in [0.29, 0.717) is 0 Å². The van der Waals surface area contributed by atoms with E-state index in [1.807, 2.05) is 0 Å². The summed E-state index contributed by atoms with van der Waals surface area (Å²) in [6.45, 7) is 0. The fraction of sp³-hybridized carbons (Fsp3) is 1.00. The van der Waals surface area contributed by atoms with Gasteiger partial charge in [0.2, 0.25) is 0 Å². The van der Waals surface area contributed by atoms with E-state index in [4.69, 9.17) is 0 Å². The molecule has 0 radical (unpaired) electrons. The van der Waals surface area contributed by atoms with Gasteiger partial charge in [0.15, 0.2) is 0 Å². The molecule has 0 aliphatic heterocycles. The van der Waals surface area contributed by atoms with Crippen LogP contribution in [0.5, 0.6) is 0 Å². The molecule has 0 saturated heterocycles. The van der Waals surface area contributed by atoms with Crippen LogP contribution in [-0.2, 0) is 0 Å². The number of rotatable bonds is 0. The molecule has 0 aromatic carbocycles. The maximum atomic E-state index is 3.50. The summed E-state index contributed by atoms with van der Waals surface area (Å²) in [5.41, 5.74) is 0. The molecule has 2 heteroatoms. The first kappa shape index (κ1) is 9.23. The SMILES string of the molecule is C[N-]C.[Rb+]. The van der Waals surface area contributed by atoms with Crippen LogP contribution in [0.4, 0.5) is 0 Å². The standard InChI is InChI=1S/C2H6N.Rb/c1-3-2;/h1-2H3;/q-1;+1. The molecule has 0 N–H and O–H groups in total. The molecule has 0 aliphatic carbocycles. The van der Waals surface area contributed by atoms with Gasteiger partial charge in [-0.2, -0.15) is 14.1 Å². The van der Waals surface area contributed by atoms with Gasteiger partial charge in [-0.3, -0.25) is 0 Å². The molecule has 0 rings (SSSR count). The molecule has 0 aliphatic rings. The molecule has 0 bridgehead atoms. The van der Waals surface area contributed by atoms with Gasteiger partial charge in [-0.25, -0.2) is 0 Å². The van der Waals surface area contributed by atoms with Gasteiger partial charge in [0.25, 0.3) is 0 Å². The molecule has 0 aromatic heterocycles. The second-order valence-electron chi connectivity index (χ2n) is 0.447. The first-order valence-electron chi connectivity index (χ1n) is 0.894. The van der Waals surface area contributed by atoms with Gasteiger partial charge in [-0.1, -0.05) is 0 Å². The van der Waals surface area contributed by atoms with Crippen LogP contribution >= 0.6 is 0 Å². The predicted molar refractivity (Wildman–Crippen MR) is 15.2 cm³/mol. The van der Waals surface area contributed by atoms with Gasteiger partial charge in [-0.15, -0.1) is 0 Å². The van der Waals surface area contributed by atoms with Crippen molar-refractivity contribution in [2.24, 2.45) is 0 Å². The minimum atomic E-state index is 0. The van der Waals surface area contributed by atoms with Gasteiger partial charge < -0.3 is 5.32 Å². The van der Waals surface area contributed by atoms with Crippen LogP contribution in [0.2, 0.25) is 0 Å². The van der Waals surface area contributed by atoms with Gasteiger partial charge in [0, 0.05) is 0 Å². The molecular formula is C2H6NRb. The third-order valence-corrected chi connectivity index (χ3v) is 0. The Morgan fingerprint density at radius 2 is 1.25 bits per heavy atom. The monoisotopic (exact) mass is 129 g/mol. The molecule has 0 saturated carbocycles. The second kappa shape index (κ2) is 8.83. The quantitative estimate of drug-likeness (QED) is 0.347. The Balaban J connectivity index is 0. The van der Waals surface area contributed by atoms with E-state index < -0.39 is 0 Å². The Bertz CT molecular complexity index is 6.00. The summed E-state index contributed by atoms with van der Waals surface area (Å²) in [5, 5.41) is 3.50. The van der Waals surface area contributed by atoms with Crippen molar-refractivity contribution < 1.29 is 58.2 Å². The second-order valence-corrected chi connectivity index (χ2v) is 0.447. The van der Waals surface area contributed by atoms with Crippen molar-refractivity contribution >= 4 is 0 Å². The first-order chi connectivity index (χ1) is 1.41. The Labute approximate surface area is 75.9 Å². The van der Waals surface area contributed by atoms with Crippen molar-refractivity contribution in [3.63, 3.8) is 0 Å². The van der Waals surface area contributed by atoms with Crippen LogP contribution in [-0.4, -0.2) is 14.1 Å². The van der Waals surface area contributed by atoms with Gasteiger partial charge in [0.05, 0.1) is 0 Å². The van der Waals surface area contributed by atoms with E-state index in [1.165, 1.54) is 0 Å². The minimum absolute atomic E-state index is 0. The van der Waals surface area contributed by atoms with Crippen molar-refractivity contribution in [2.45, 2.75) is 0 Å². The Kier molecular flexibility index (Phi) is 20.4. The summed E-state index contributed by atoms with van der Waals surface area (Å²) < 4.78 is 0. The van der Waals surface area contributed by atoms with Gasteiger partial charge in [0.1, 0.15) is 0 Å². The largest absolute Gasteiger partial charge is 1.00 e. The summed E-state index contributed by atoms with van der Waals surface area (Å²) in [5.74, 6) is 0. The molecule has 20 valence electrons. The molecule has 0 unspecified atom stereocenters. The van der Waals surface area contributed by atoms with Crippen molar-refractivity contribution in [1.29, 1.82) is 0 Å². The molecule has 4 heavy (non-hydrogen) atoms. The van der Waals surface area contributed by atoms with E-state index in [1.54, 1.807) is 14.1 Å². The summed E-state index contributed by atoms with van der Waals surface area (Å²) in [7, 11) is 3.50. The van der Waals surface area contributed by atoms with Crippen molar-refractivity contribution in [3.05, 3.63) is 5.32 Å². The normalized spacial score (nSPS) is 4.50. The van der Waals surface area contributed by atoms with Crippen LogP contribution in [0, 0.1) is 0 Å². The zero-order chi connectivity index (χ0) is 2.71. The average molecular weight is 130 g/mol. The van der Waals surface area contributed by atoms with Crippen molar-refractivity contribution in [3.8, 4) is 0 Å². The molecule has 0 atom stereocenters. The Morgan fingerprint density at radius 1 is 1.25 bits per heavy atom. The van der Waals surface area contributed by atoms with E-state index in [9.17, 15) is 0 Å². The third-order valence-electron chi connectivity index (χ3n) is 0. The zero-order valence-electron chi connectivity index (χ0n) is 3.45. The zero-order valence-corrected chi connectivity index (χ0v) is 8.36. The molecule has 1 nitrogen and oxygen atoms in total. The molecule has 0 spiro atoms. The van der Waals surface area contributed by atoms with Crippen LogP contribution in [0.3, 0.4) is 0 Å². The number of hydrogen-bond donors (Lipinski definition) is 0. The van der Waals surface area contributed by atoms with Gasteiger partial charge in [-0.05, 0) is 0 Å². The molecule has 0 fully saturated rings.